The van der Waals surface area contributed by atoms with Crippen LogP contribution in [0.5, 0.6) is 0 Å². The van der Waals surface area contributed by atoms with E-state index in [9.17, 15) is 14.0 Å². The molecule has 0 saturated carbocycles. The van der Waals surface area contributed by atoms with E-state index in [1.165, 1.54) is 31.2 Å². The van der Waals surface area contributed by atoms with Gasteiger partial charge >= 0.3 is 0 Å². The topological polar surface area (TPSA) is 65.5 Å². The molecule has 3 heterocycles. The van der Waals surface area contributed by atoms with Crippen LogP contribution in [-0.4, -0.2) is 65.4 Å². The minimum atomic E-state index is -0.319. The van der Waals surface area contributed by atoms with Crippen LogP contribution in [0.3, 0.4) is 0 Å². The summed E-state index contributed by atoms with van der Waals surface area (Å²) in [4.78, 5) is 33.5. The molecule has 2 aliphatic rings. The molecule has 1 atom stereocenters. The molecule has 0 aliphatic carbocycles. The number of amides is 2. The molecule has 1 aromatic carbocycles. The van der Waals surface area contributed by atoms with Gasteiger partial charge in [0.25, 0.3) is 5.91 Å². The van der Waals surface area contributed by atoms with Crippen LogP contribution in [0.25, 0.3) is 11.3 Å². The van der Waals surface area contributed by atoms with Crippen molar-refractivity contribution in [2.24, 2.45) is 0 Å². The second-order valence-electron chi connectivity index (χ2n) is 8.32. The molecular formula is C24H29FN4O2. The van der Waals surface area contributed by atoms with Crippen molar-refractivity contribution in [3.8, 4) is 11.3 Å². The first-order valence-electron chi connectivity index (χ1n) is 11.1. The number of likely N-dealkylation sites (tertiary alicyclic amines) is 2. The normalized spacial score (nSPS) is 19.2. The molecule has 1 unspecified atom stereocenters. The number of benzene rings is 1. The Labute approximate surface area is 182 Å². The molecule has 0 bridgehead atoms. The summed E-state index contributed by atoms with van der Waals surface area (Å²) < 4.78 is 13.4. The van der Waals surface area contributed by atoms with E-state index in [1.54, 1.807) is 24.3 Å². The summed E-state index contributed by atoms with van der Waals surface area (Å²) in [5.41, 5.74) is 1.76. The maximum Gasteiger partial charge on any atom is 0.252 e. The molecule has 2 saturated heterocycles. The number of rotatable bonds is 8. The van der Waals surface area contributed by atoms with Crippen molar-refractivity contribution in [3.63, 3.8) is 0 Å². The molecule has 1 N–H and O–H groups in total. The second kappa shape index (κ2) is 10.0. The lowest BCUT2D eigenvalue weighted by Gasteiger charge is -2.27. The number of nitrogens with one attached hydrogen (secondary N) is 1. The van der Waals surface area contributed by atoms with Gasteiger partial charge in [0.15, 0.2) is 0 Å². The van der Waals surface area contributed by atoms with Gasteiger partial charge in [-0.15, -0.1) is 0 Å². The average molecular weight is 425 g/mol. The van der Waals surface area contributed by atoms with Gasteiger partial charge in [-0.3, -0.25) is 14.6 Å². The largest absolute Gasteiger partial charge is 0.352 e. The lowest BCUT2D eigenvalue weighted by molar-refractivity contribution is -0.129. The fourth-order valence-electron chi connectivity index (χ4n) is 4.46. The molecule has 7 heteroatoms. The lowest BCUT2D eigenvalue weighted by atomic mass is 10.1. The van der Waals surface area contributed by atoms with Crippen molar-refractivity contribution in [1.29, 1.82) is 0 Å². The quantitative estimate of drug-likeness (QED) is 0.707. The Morgan fingerprint density at radius 3 is 2.74 bits per heavy atom. The first-order chi connectivity index (χ1) is 15.1. The van der Waals surface area contributed by atoms with Crippen LogP contribution < -0.4 is 5.32 Å². The van der Waals surface area contributed by atoms with Crippen molar-refractivity contribution in [1.82, 2.24) is 20.1 Å². The number of nitrogens with zero attached hydrogens (tertiary/aromatic N) is 3. The zero-order valence-corrected chi connectivity index (χ0v) is 17.7. The highest BCUT2D eigenvalue weighted by molar-refractivity contribution is 5.94. The zero-order chi connectivity index (χ0) is 21.6. The van der Waals surface area contributed by atoms with Gasteiger partial charge in [-0.1, -0.05) is 12.1 Å². The van der Waals surface area contributed by atoms with Gasteiger partial charge in [-0.2, -0.15) is 0 Å². The number of hydrogen-bond acceptors (Lipinski definition) is 4. The minimum absolute atomic E-state index is 0.189. The summed E-state index contributed by atoms with van der Waals surface area (Å²) in [5, 5.41) is 2.94. The van der Waals surface area contributed by atoms with Crippen LogP contribution in [0.4, 0.5) is 4.39 Å². The number of hydrogen-bond donors (Lipinski definition) is 1. The Bertz CT molecular complexity index is 912. The third kappa shape index (κ3) is 5.47. The maximum atomic E-state index is 13.4. The SMILES string of the molecule is O=C(NCCC1CCC(=O)N1CCN1CCCC1)c1ccc(-c2cccc(F)c2)nc1. The van der Waals surface area contributed by atoms with Crippen molar-refractivity contribution in [2.45, 2.75) is 38.1 Å². The number of carbonyl (C=O) groups excluding carboxylic acids is 2. The monoisotopic (exact) mass is 424 g/mol. The Balaban J connectivity index is 1.25. The predicted octanol–water partition coefficient (Wildman–Crippen LogP) is 3.09. The van der Waals surface area contributed by atoms with E-state index in [0.717, 1.165) is 39.0 Å². The second-order valence-corrected chi connectivity index (χ2v) is 8.32. The molecule has 2 amide bonds. The van der Waals surface area contributed by atoms with Crippen LogP contribution >= 0.6 is 0 Å². The summed E-state index contributed by atoms with van der Waals surface area (Å²) in [6, 6.07) is 9.84. The van der Waals surface area contributed by atoms with E-state index in [1.807, 2.05) is 4.90 Å². The average Bonchev–Trinajstić information content (AvgIpc) is 3.42. The van der Waals surface area contributed by atoms with Gasteiger partial charge in [0.05, 0.1) is 11.3 Å². The third-order valence-corrected chi connectivity index (χ3v) is 6.22. The van der Waals surface area contributed by atoms with Gasteiger partial charge in [0.1, 0.15) is 5.82 Å². The fourth-order valence-corrected chi connectivity index (χ4v) is 4.46. The molecule has 2 aliphatic heterocycles. The molecule has 2 fully saturated rings. The molecule has 164 valence electrons. The van der Waals surface area contributed by atoms with Crippen LogP contribution in [0.15, 0.2) is 42.6 Å². The van der Waals surface area contributed by atoms with E-state index < -0.39 is 0 Å². The van der Waals surface area contributed by atoms with Gasteiger partial charge in [-0.25, -0.2) is 4.39 Å². The van der Waals surface area contributed by atoms with Crippen molar-refractivity contribution < 1.29 is 14.0 Å². The van der Waals surface area contributed by atoms with E-state index in [4.69, 9.17) is 0 Å². The van der Waals surface area contributed by atoms with Crippen LogP contribution in [0.2, 0.25) is 0 Å². The Kier molecular flexibility index (Phi) is 6.92. The molecule has 1 aromatic heterocycles. The van der Waals surface area contributed by atoms with Crippen LogP contribution in [0.1, 0.15) is 42.5 Å². The number of pyridine rings is 1. The summed E-state index contributed by atoms with van der Waals surface area (Å²) in [6.07, 6.45) is 6.23. The summed E-state index contributed by atoms with van der Waals surface area (Å²) in [5.74, 6) is -0.278. The lowest BCUT2D eigenvalue weighted by Crippen LogP contribution is -2.40. The molecular weight excluding hydrogens is 395 g/mol. The van der Waals surface area contributed by atoms with Gasteiger partial charge in [0, 0.05) is 43.9 Å². The minimum Gasteiger partial charge on any atom is -0.352 e. The van der Waals surface area contributed by atoms with E-state index in [0.29, 0.717) is 29.8 Å². The smallest absolute Gasteiger partial charge is 0.252 e. The van der Waals surface area contributed by atoms with Gasteiger partial charge < -0.3 is 15.1 Å². The molecule has 2 aromatic rings. The number of carbonyl (C=O) groups is 2. The van der Waals surface area contributed by atoms with Gasteiger partial charge in [0.2, 0.25) is 5.91 Å². The first-order valence-corrected chi connectivity index (χ1v) is 11.1. The summed E-state index contributed by atoms with van der Waals surface area (Å²) in [6.45, 7) is 4.51. The zero-order valence-electron chi connectivity index (χ0n) is 17.7. The molecule has 6 nitrogen and oxygen atoms in total. The molecule has 31 heavy (non-hydrogen) atoms. The third-order valence-electron chi connectivity index (χ3n) is 6.22. The van der Waals surface area contributed by atoms with Gasteiger partial charge in [-0.05, 0) is 63.0 Å². The first kappa shape index (κ1) is 21.4. The van der Waals surface area contributed by atoms with Crippen molar-refractivity contribution in [2.75, 3.05) is 32.7 Å². The van der Waals surface area contributed by atoms with Crippen LogP contribution in [0, 0.1) is 5.82 Å². The Morgan fingerprint density at radius 2 is 2.00 bits per heavy atom. The molecule has 0 radical (unpaired) electrons. The highest BCUT2D eigenvalue weighted by atomic mass is 19.1. The van der Waals surface area contributed by atoms with E-state index in [2.05, 4.69) is 15.2 Å². The molecule has 4 rings (SSSR count). The highest BCUT2D eigenvalue weighted by Gasteiger charge is 2.30. The van der Waals surface area contributed by atoms with Crippen LogP contribution in [-0.2, 0) is 4.79 Å². The van der Waals surface area contributed by atoms with E-state index >= 15 is 0 Å². The summed E-state index contributed by atoms with van der Waals surface area (Å²) >= 11 is 0. The number of aromatic nitrogens is 1. The predicted molar refractivity (Wildman–Crippen MR) is 117 cm³/mol. The fraction of sp³-hybridized carbons (Fsp3) is 0.458. The standard InChI is InChI=1S/C24H29FN4O2/c25-20-5-3-4-18(16-20)22-8-6-19(17-27-22)24(31)26-11-10-21-7-9-23(30)29(21)15-14-28-12-1-2-13-28/h3-6,8,16-17,21H,1-2,7,9-15H2,(H,26,31). The summed E-state index contributed by atoms with van der Waals surface area (Å²) in [7, 11) is 0. The Hall–Kier alpha value is -2.80. The van der Waals surface area contributed by atoms with Crippen molar-refractivity contribution in [3.05, 3.63) is 54.0 Å². The Morgan fingerprint density at radius 1 is 1.16 bits per heavy atom. The number of halogens is 1. The van der Waals surface area contributed by atoms with E-state index in [-0.39, 0.29) is 23.7 Å². The maximum absolute atomic E-state index is 13.4. The van der Waals surface area contributed by atoms with Crippen molar-refractivity contribution >= 4 is 11.8 Å². The molecule has 0 spiro atoms. The highest BCUT2D eigenvalue weighted by Crippen LogP contribution is 2.22.